The Morgan fingerprint density at radius 2 is 1.68 bits per heavy atom. The van der Waals surface area contributed by atoms with E-state index in [4.69, 9.17) is 9.47 Å². The molecule has 0 heterocycles. The fourth-order valence-electron chi connectivity index (χ4n) is 2.08. The first-order valence-electron chi connectivity index (χ1n) is 7.43. The molecule has 1 atom stereocenters. The number of carbonyl (C=O) groups is 2. The van der Waals surface area contributed by atoms with Gasteiger partial charge in [0.05, 0.1) is 5.57 Å². The van der Waals surface area contributed by atoms with Crippen LogP contribution in [-0.2, 0) is 19.1 Å². The summed E-state index contributed by atoms with van der Waals surface area (Å²) in [7, 11) is 0. The fourth-order valence-corrected chi connectivity index (χ4v) is 2.08. The van der Waals surface area contributed by atoms with Gasteiger partial charge in [0, 0.05) is 0 Å². The standard InChI is InChI=1S/C18H26O4/c1-8-9-12-10-11-13(15(19)21-17(2,3)4)14(12)16(20)22-18(5,6)7/h8,10-11,13H,1,9H2,2-7H3. The van der Waals surface area contributed by atoms with E-state index in [1.807, 2.05) is 0 Å². The molecule has 0 spiro atoms. The zero-order valence-corrected chi connectivity index (χ0v) is 14.4. The molecule has 4 heteroatoms. The van der Waals surface area contributed by atoms with Gasteiger partial charge in [0.25, 0.3) is 0 Å². The Morgan fingerprint density at radius 1 is 1.14 bits per heavy atom. The van der Waals surface area contributed by atoms with Gasteiger partial charge in [0.15, 0.2) is 0 Å². The maximum atomic E-state index is 12.5. The number of ether oxygens (including phenoxy) is 2. The van der Waals surface area contributed by atoms with Gasteiger partial charge in [0.1, 0.15) is 17.1 Å². The molecule has 1 unspecified atom stereocenters. The van der Waals surface area contributed by atoms with E-state index in [2.05, 4.69) is 6.58 Å². The summed E-state index contributed by atoms with van der Waals surface area (Å²) in [5.74, 6) is -1.64. The lowest BCUT2D eigenvalue weighted by molar-refractivity contribution is -0.160. The predicted octanol–water partition coefficient (Wildman–Crippen LogP) is 3.73. The van der Waals surface area contributed by atoms with Crippen LogP contribution >= 0.6 is 0 Å². The Kier molecular flexibility index (Phi) is 5.39. The zero-order valence-electron chi connectivity index (χ0n) is 14.4. The lowest BCUT2D eigenvalue weighted by Crippen LogP contribution is -2.32. The Morgan fingerprint density at radius 3 is 2.14 bits per heavy atom. The lowest BCUT2D eigenvalue weighted by atomic mass is 9.98. The highest BCUT2D eigenvalue weighted by molar-refractivity contribution is 5.99. The minimum atomic E-state index is -0.718. The molecule has 0 bridgehead atoms. The molecule has 0 aromatic heterocycles. The maximum absolute atomic E-state index is 12.5. The second-order valence-electron chi connectivity index (χ2n) is 7.30. The summed E-state index contributed by atoms with van der Waals surface area (Å²) < 4.78 is 10.8. The van der Waals surface area contributed by atoms with E-state index in [-0.39, 0.29) is 0 Å². The predicted molar refractivity (Wildman–Crippen MR) is 86.2 cm³/mol. The zero-order chi connectivity index (χ0) is 17.1. The van der Waals surface area contributed by atoms with Gasteiger partial charge in [-0.1, -0.05) is 18.2 Å². The Labute approximate surface area is 132 Å². The van der Waals surface area contributed by atoms with E-state index >= 15 is 0 Å². The third kappa shape index (κ3) is 5.17. The van der Waals surface area contributed by atoms with Gasteiger partial charge in [-0.2, -0.15) is 0 Å². The van der Waals surface area contributed by atoms with Gasteiger partial charge in [0.2, 0.25) is 0 Å². The molecule has 0 saturated heterocycles. The van der Waals surface area contributed by atoms with Crippen LogP contribution in [0.3, 0.4) is 0 Å². The second kappa shape index (κ2) is 6.51. The van der Waals surface area contributed by atoms with Crippen LogP contribution in [-0.4, -0.2) is 23.1 Å². The van der Waals surface area contributed by atoms with Crippen molar-refractivity contribution in [2.75, 3.05) is 0 Å². The van der Waals surface area contributed by atoms with Crippen LogP contribution in [0.15, 0.2) is 36.0 Å². The first kappa shape index (κ1) is 18.2. The van der Waals surface area contributed by atoms with Gasteiger partial charge in [-0.15, -0.1) is 6.58 Å². The smallest absolute Gasteiger partial charge is 0.336 e. The minimum absolute atomic E-state index is 0.351. The summed E-state index contributed by atoms with van der Waals surface area (Å²) >= 11 is 0. The largest absolute Gasteiger partial charge is 0.459 e. The van der Waals surface area contributed by atoms with Crippen LogP contribution in [0.5, 0.6) is 0 Å². The van der Waals surface area contributed by atoms with Crippen molar-refractivity contribution in [2.24, 2.45) is 5.92 Å². The maximum Gasteiger partial charge on any atom is 0.336 e. The number of allylic oxidation sites excluding steroid dienone is 3. The molecule has 1 aliphatic carbocycles. The second-order valence-corrected chi connectivity index (χ2v) is 7.30. The van der Waals surface area contributed by atoms with Crippen molar-refractivity contribution in [3.05, 3.63) is 36.0 Å². The van der Waals surface area contributed by atoms with Crippen molar-refractivity contribution in [3.63, 3.8) is 0 Å². The molecule has 0 amide bonds. The van der Waals surface area contributed by atoms with Crippen molar-refractivity contribution in [3.8, 4) is 0 Å². The van der Waals surface area contributed by atoms with Gasteiger partial charge >= 0.3 is 11.9 Å². The summed E-state index contributed by atoms with van der Waals surface area (Å²) in [6.45, 7) is 14.5. The number of hydrogen-bond acceptors (Lipinski definition) is 4. The van der Waals surface area contributed by atoms with E-state index in [9.17, 15) is 9.59 Å². The molecule has 0 radical (unpaired) electrons. The van der Waals surface area contributed by atoms with Gasteiger partial charge in [-0.25, -0.2) is 4.79 Å². The molecule has 0 aliphatic heterocycles. The number of esters is 2. The molecule has 1 rings (SSSR count). The molecule has 1 aliphatic rings. The number of carbonyl (C=O) groups excluding carboxylic acids is 2. The Balaban J connectivity index is 3.08. The third-order valence-electron chi connectivity index (χ3n) is 2.79. The average molecular weight is 306 g/mol. The van der Waals surface area contributed by atoms with E-state index in [1.165, 1.54) is 0 Å². The quantitative estimate of drug-likeness (QED) is 0.586. The monoisotopic (exact) mass is 306 g/mol. The topological polar surface area (TPSA) is 52.6 Å². The van der Waals surface area contributed by atoms with Crippen LogP contribution in [0.4, 0.5) is 0 Å². The summed E-state index contributed by atoms with van der Waals surface area (Å²) in [5.41, 5.74) is -0.125. The van der Waals surface area contributed by atoms with E-state index in [0.29, 0.717) is 12.0 Å². The van der Waals surface area contributed by atoms with Gasteiger partial charge in [-0.3, -0.25) is 4.79 Å². The lowest BCUT2D eigenvalue weighted by Gasteiger charge is -2.25. The van der Waals surface area contributed by atoms with Crippen LogP contribution in [0.25, 0.3) is 0 Å². The van der Waals surface area contributed by atoms with E-state index < -0.39 is 29.1 Å². The van der Waals surface area contributed by atoms with Gasteiger partial charge < -0.3 is 9.47 Å². The molecule has 0 fully saturated rings. The summed E-state index contributed by atoms with van der Waals surface area (Å²) in [4.78, 5) is 24.8. The van der Waals surface area contributed by atoms with E-state index in [1.54, 1.807) is 59.8 Å². The molecule has 0 N–H and O–H groups in total. The van der Waals surface area contributed by atoms with E-state index in [0.717, 1.165) is 5.57 Å². The highest BCUT2D eigenvalue weighted by atomic mass is 16.6. The molecule has 0 aromatic rings. The van der Waals surface area contributed by atoms with Crippen molar-refractivity contribution in [1.82, 2.24) is 0 Å². The Bertz CT molecular complexity index is 524. The average Bonchev–Trinajstić information content (AvgIpc) is 2.68. The minimum Gasteiger partial charge on any atom is -0.459 e. The fraction of sp³-hybridized carbons (Fsp3) is 0.556. The summed E-state index contributed by atoms with van der Waals surface area (Å²) in [5, 5.41) is 0. The third-order valence-corrected chi connectivity index (χ3v) is 2.79. The Hall–Kier alpha value is -1.84. The highest BCUT2D eigenvalue weighted by Gasteiger charge is 2.36. The highest BCUT2D eigenvalue weighted by Crippen LogP contribution is 2.32. The molecular weight excluding hydrogens is 280 g/mol. The first-order valence-corrected chi connectivity index (χ1v) is 7.43. The molecule has 4 nitrogen and oxygen atoms in total. The van der Waals surface area contributed by atoms with Crippen molar-refractivity contribution in [2.45, 2.75) is 59.2 Å². The van der Waals surface area contributed by atoms with Gasteiger partial charge in [-0.05, 0) is 53.5 Å². The first-order chi connectivity index (χ1) is 9.94. The SMILES string of the molecule is C=CCC1=C(C(=O)OC(C)(C)C)C(C(=O)OC(C)(C)C)C=C1. The molecular formula is C18H26O4. The van der Waals surface area contributed by atoms with Crippen molar-refractivity contribution < 1.29 is 19.1 Å². The summed E-state index contributed by atoms with van der Waals surface area (Å²) in [6, 6.07) is 0. The molecule has 0 aromatic carbocycles. The van der Waals surface area contributed by atoms with Crippen LogP contribution in [0, 0.1) is 5.92 Å². The molecule has 122 valence electrons. The van der Waals surface area contributed by atoms with Crippen molar-refractivity contribution in [1.29, 1.82) is 0 Å². The van der Waals surface area contributed by atoms with Crippen LogP contribution < -0.4 is 0 Å². The summed E-state index contributed by atoms with van der Waals surface area (Å²) in [6.07, 6.45) is 5.66. The molecule has 22 heavy (non-hydrogen) atoms. The molecule has 0 saturated carbocycles. The van der Waals surface area contributed by atoms with Crippen molar-refractivity contribution >= 4 is 11.9 Å². The number of rotatable bonds is 4. The normalized spacial score (nSPS) is 18.4. The number of hydrogen-bond donors (Lipinski definition) is 0. The van der Waals surface area contributed by atoms with Crippen LogP contribution in [0.1, 0.15) is 48.0 Å². The van der Waals surface area contributed by atoms with Crippen LogP contribution in [0.2, 0.25) is 0 Å².